The van der Waals surface area contributed by atoms with Crippen molar-refractivity contribution in [1.29, 1.82) is 0 Å². The van der Waals surface area contributed by atoms with Crippen molar-refractivity contribution in [3.05, 3.63) is 65.8 Å². The second kappa shape index (κ2) is 6.83. The van der Waals surface area contributed by atoms with Crippen molar-refractivity contribution in [3.8, 4) is 11.4 Å². The lowest BCUT2D eigenvalue weighted by Gasteiger charge is -1.98. The summed E-state index contributed by atoms with van der Waals surface area (Å²) in [7, 11) is 0. The van der Waals surface area contributed by atoms with Crippen molar-refractivity contribution in [2.75, 3.05) is 0 Å². The molecule has 0 fully saturated rings. The molecule has 2 heterocycles. The molecule has 0 amide bonds. The van der Waals surface area contributed by atoms with E-state index in [0.29, 0.717) is 18.1 Å². The SMILES string of the molecule is O=C(O)c1ccc(-c2noc(CCCc3ccncc3)n2)cc1. The molecule has 3 aromatic rings. The molecule has 1 N–H and O–H groups in total. The summed E-state index contributed by atoms with van der Waals surface area (Å²) in [5.74, 6) is 0.0960. The van der Waals surface area contributed by atoms with Crippen LogP contribution in [0.15, 0.2) is 53.3 Å². The van der Waals surface area contributed by atoms with Crippen molar-refractivity contribution in [1.82, 2.24) is 15.1 Å². The lowest BCUT2D eigenvalue weighted by atomic mass is 10.1. The van der Waals surface area contributed by atoms with Gasteiger partial charge in [-0.2, -0.15) is 4.98 Å². The lowest BCUT2D eigenvalue weighted by Crippen LogP contribution is -1.95. The van der Waals surface area contributed by atoms with E-state index in [1.54, 1.807) is 24.5 Å². The number of rotatable bonds is 6. The number of carbonyl (C=O) groups is 1. The summed E-state index contributed by atoms with van der Waals surface area (Å²) in [4.78, 5) is 19.2. The highest BCUT2D eigenvalue weighted by molar-refractivity contribution is 5.88. The predicted octanol–water partition coefficient (Wildman–Crippen LogP) is 3.01. The van der Waals surface area contributed by atoms with Crippen LogP contribution in [0.4, 0.5) is 0 Å². The Morgan fingerprint density at radius 2 is 1.78 bits per heavy atom. The quantitative estimate of drug-likeness (QED) is 0.753. The normalized spacial score (nSPS) is 10.6. The van der Waals surface area contributed by atoms with Gasteiger partial charge in [0.15, 0.2) is 0 Å². The fraction of sp³-hybridized carbons (Fsp3) is 0.176. The molecular weight excluding hydrogens is 294 g/mol. The van der Waals surface area contributed by atoms with Gasteiger partial charge < -0.3 is 9.63 Å². The molecule has 1 aromatic carbocycles. The van der Waals surface area contributed by atoms with E-state index >= 15 is 0 Å². The van der Waals surface area contributed by atoms with Crippen LogP contribution >= 0.6 is 0 Å². The van der Waals surface area contributed by atoms with Crippen molar-refractivity contribution < 1.29 is 14.4 Å². The molecule has 116 valence electrons. The molecule has 0 saturated heterocycles. The molecule has 0 spiro atoms. The standard InChI is InChI=1S/C17H15N3O3/c21-17(22)14-6-4-13(5-7-14)16-19-15(23-20-16)3-1-2-12-8-10-18-11-9-12/h4-11H,1-3H2,(H,21,22). The highest BCUT2D eigenvalue weighted by atomic mass is 16.5. The van der Waals surface area contributed by atoms with Crippen molar-refractivity contribution in [2.24, 2.45) is 0 Å². The first-order chi connectivity index (χ1) is 11.2. The number of carboxylic acid groups (broad SMARTS) is 1. The van der Waals surface area contributed by atoms with Crippen molar-refractivity contribution in [2.45, 2.75) is 19.3 Å². The molecule has 0 aliphatic heterocycles. The molecule has 6 nitrogen and oxygen atoms in total. The third-order valence-electron chi connectivity index (χ3n) is 3.46. The van der Waals surface area contributed by atoms with E-state index < -0.39 is 5.97 Å². The van der Waals surface area contributed by atoms with Crippen LogP contribution in [0.25, 0.3) is 11.4 Å². The number of aromatic nitrogens is 3. The van der Waals surface area contributed by atoms with E-state index in [2.05, 4.69) is 15.1 Å². The van der Waals surface area contributed by atoms with E-state index in [9.17, 15) is 4.79 Å². The molecule has 0 bridgehead atoms. The number of aromatic carboxylic acids is 1. The predicted molar refractivity (Wildman–Crippen MR) is 83.0 cm³/mol. The zero-order chi connectivity index (χ0) is 16.1. The Bertz CT molecular complexity index is 782. The molecule has 0 aliphatic carbocycles. The molecule has 0 atom stereocenters. The smallest absolute Gasteiger partial charge is 0.335 e. The number of nitrogens with zero attached hydrogens (tertiary/aromatic N) is 3. The van der Waals surface area contributed by atoms with Gasteiger partial charge in [-0.25, -0.2) is 4.79 Å². The molecule has 3 rings (SSSR count). The number of aryl methyl sites for hydroxylation is 2. The van der Waals surface area contributed by atoms with Crippen LogP contribution in [0.1, 0.15) is 28.2 Å². The van der Waals surface area contributed by atoms with Crippen LogP contribution in [0, 0.1) is 0 Å². The van der Waals surface area contributed by atoms with E-state index in [0.717, 1.165) is 18.4 Å². The minimum Gasteiger partial charge on any atom is -0.478 e. The summed E-state index contributed by atoms with van der Waals surface area (Å²) in [6.45, 7) is 0. The van der Waals surface area contributed by atoms with E-state index in [4.69, 9.17) is 9.63 Å². The number of hydrogen-bond donors (Lipinski definition) is 1. The van der Waals surface area contributed by atoms with E-state index in [1.807, 2.05) is 12.1 Å². The monoisotopic (exact) mass is 309 g/mol. The van der Waals surface area contributed by atoms with Crippen LogP contribution in [0.3, 0.4) is 0 Å². The number of carboxylic acids is 1. The Balaban J connectivity index is 1.60. The Kier molecular flexibility index (Phi) is 4.42. The van der Waals surface area contributed by atoms with Gasteiger partial charge in [-0.15, -0.1) is 0 Å². The third-order valence-corrected chi connectivity index (χ3v) is 3.46. The highest BCUT2D eigenvalue weighted by Gasteiger charge is 2.10. The van der Waals surface area contributed by atoms with Crippen LogP contribution in [-0.4, -0.2) is 26.2 Å². The highest BCUT2D eigenvalue weighted by Crippen LogP contribution is 2.17. The first-order valence-corrected chi connectivity index (χ1v) is 7.27. The maximum Gasteiger partial charge on any atom is 0.335 e. The second-order valence-electron chi connectivity index (χ2n) is 5.10. The summed E-state index contributed by atoms with van der Waals surface area (Å²) in [5, 5.41) is 12.8. The Labute approximate surface area is 132 Å². The molecule has 23 heavy (non-hydrogen) atoms. The van der Waals surface area contributed by atoms with Crippen LogP contribution in [0.2, 0.25) is 0 Å². The van der Waals surface area contributed by atoms with Gasteiger partial charge in [-0.3, -0.25) is 4.98 Å². The minimum absolute atomic E-state index is 0.231. The summed E-state index contributed by atoms with van der Waals surface area (Å²) >= 11 is 0. The van der Waals surface area contributed by atoms with Gasteiger partial charge in [0.1, 0.15) is 0 Å². The van der Waals surface area contributed by atoms with E-state index in [1.165, 1.54) is 17.7 Å². The fourth-order valence-corrected chi connectivity index (χ4v) is 2.23. The Morgan fingerprint density at radius 1 is 1.04 bits per heavy atom. The van der Waals surface area contributed by atoms with Crippen LogP contribution in [0.5, 0.6) is 0 Å². The zero-order valence-electron chi connectivity index (χ0n) is 12.3. The summed E-state index contributed by atoms with van der Waals surface area (Å²) in [6, 6.07) is 10.4. The summed E-state index contributed by atoms with van der Waals surface area (Å²) in [6.07, 6.45) is 6.08. The van der Waals surface area contributed by atoms with Gasteiger partial charge >= 0.3 is 5.97 Å². The van der Waals surface area contributed by atoms with Gasteiger partial charge in [0.25, 0.3) is 0 Å². The molecule has 0 radical (unpaired) electrons. The molecule has 0 saturated carbocycles. The first kappa shape index (κ1) is 14.9. The number of benzene rings is 1. The number of pyridine rings is 1. The lowest BCUT2D eigenvalue weighted by molar-refractivity contribution is 0.0697. The van der Waals surface area contributed by atoms with Gasteiger partial charge in [0, 0.05) is 24.4 Å². The number of hydrogen-bond acceptors (Lipinski definition) is 5. The topological polar surface area (TPSA) is 89.1 Å². The molecule has 0 unspecified atom stereocenters. The maximum absolute atomic E-state index is 10.8. The second-order valence-corrected chi connectivity index (χ2v) is 5.10. The largest absolute Gasteiger partial charge is 0.478 e. The third kappa shape index (κ3) is 3.79. The average Bonchev–Trinajstić information content (AvgIpc) is 3.05. The molecule has 2 aromatic heterocycles. The van der Waals surface area contributed by atoms with E-state index in [-0.39, 0.29) is 5.56 Å². The van der Waals surface area contributed by atoms with Crippen LogP contribution in [-0.2, 0) is 12.8 Å². The van der Waals surface area contributed by atoms with Gasteiger partial charge in [0.2, 0.25) is 11.7 Å². The van der Waals surface area contributed by atoms with Crippen molar-refractivity contribution >= 4 is 5.97 Å². The van der Waals surface area contributed by atoms with Gasteiger partial charge in [-0.05, 0) is 42.7 Å². The fourth-order valence-electron chi connectivity index (χ4n) is 2.23. The Hall–Kier alpha value is -3.02. The van der Waals surface area contributed by atoms with Crippen LogP contribution < -0.4 is 0 Å². The maximum atomic E-state index is 10.8. The molecule has 6 heteroatoms. The minimum atomic E-state index is -0.957. The summed E-state index contributed by atoms with van der Waals surface area (Å²) < 4.78 is 5.24. The first-order valence-electron chi connectivity index (χ1n) is 7.27. The zero-order valence-corrected chi connectivity index (χ0v) is 12.3. The van der Waals surface area contributed by atoms with Crippen molar-refractivity contribution in [3.63, 3.8) is 0 Å². The average molecular weight is 309 g/mol. The molecular formula is C17H15N3O3. The van der Waals surface area contributed by atoms with Gasteiger partial charge in [-0.1, -0.05) is 17.3 Å². The molecule has 0 aliphatic rings. The van der Waals surface area contributed by atoms with Gasteiger partial charge in [0.05, 0.1) is 5.56 Å². The summed E-state index contributed by atoms with van der Waals surface area (Å²) in [5.41, 5.74) is 2.19. The Morgan fingerprint density at radius 3 is 2.48 bits per heavy atom.